The molecular weight excluding hydrogens is 422 g/mol. The van der Waals surface area contributed by atoms with E-state index in [1.54, 1.807) is 36.4 Å². The zero-order valence-corrected chi connectivity index (χ0v) is 17.8. The summed E-state index contributed by atoms with van der Waals surface area (Å²) in [6.07, 6.45) is 0. The van der Waals surface area contributed by atoms with Crippen LogP contribution in [0.25, 0.3) is 5.76 Å². The molecular formula is C25H19N3O3S. The average molecular weight is 442 g/mol. The second-order valence-corrected chi connectivity index (χ2v) is 9.37. The van der Waals surface area contributed by atoms with Crippen molar-refractivity contribution in [3.8, 4) is 6.07 Å². The zero-order valence-electron chi connectivity index (χ0n) is 17.0. The fraction of sp³-hybridized carbons (Fsp3) is 0.0800. The molecule has 1 atom stereocenters. The van der Waals surface area contributed by atoms with E-state index in [0.29, 0.717) is 16.8 Å². The number of hydrogen-bond donors (Lipinski definition) is 1. The van der Waals surface area contributed by atoms with E-state index in [1.165, 1.54) is 4.31 Å². The number of hydrogen-bond acceptors (Lipinski definition) is 5. The van der Waals surface area contributed by atoms with Crippen molar-refractivity contribution in [2.75, 3.05) is 4.31 Å². The van der Waals surface area contributed by atoms with Crippen molar-refractivity contribution >= 4 is 21.5 Å². The van der Waals surface area contributed by atoms with Gasteiger partial charge in [-0.05, 0) is 23.3 Å². The van der Waals surface area contributed by atoms with Crippen LogP contribution in [0.5, 0.6) is 0 Å². The summed E-state index contributed by atoms with van der Waals surface area (Å²) in [6, 6.07) is 27.7. The number of benzene rings is 3. The maximum Gasteiger partial charge on any atom is 0.265 e. The lowest BCUT2D eigenvalue weighted by molar-refractivity contribution is 0.357. The Balaban J connectivity index is 1.77. The quantitative estimate of drug-likeness (QED) is 0.657. The third-order valence-corrected chi connectivity index (χ3v) is 7.54. The first kappa shape index (κ1) is 19.9. The van der Waals surface area contributed by atoms with Crippen LogP contribution in [-0.2, 0) is 21.3 Å². The molecule has 2 N–H and O–H groups in total. The lowest BCUT2D eigenvalue weighted by atomic mass is 9.88. The number of nitriles is 1. The van der Waals surface area contributed by atoms with E-state index in [0.717, 1.165) is 5.56 Å². The second kappa shape index (κ2) is 7.59. The van der Waals surface area contributed by atoms with Crippen molar-refractivity contribution in [2.45, 2.75) is 12.5 Å². The first-order valence-electron chi connectivity index (χ1n) is 10.0. The summed E-state index contributed by atoms with van der Waals surface area (Å²) in [6.45, 7) is 0.152. The van der Waals surface area contributed by atoms with E-state index in [4.69, 9.17) is 10.5 Å². The number of fused-ring (bicyclic) bond motifs is 2. The van der Waals surface area contributed by atoms with Gasteiger partial charge in [-0.25, -0.2) is 8.42 Å². The summed E-state index contributed by atoms with van der Waals surface area (Å²) in [5.41, 5.74) is 8.83. The van der Waals surface area contributed by atoms with E-state index in [2.05, 4.69) is 6.07 Å². The van der Waals surface area contributed by atoms with E-state index < -0.39 is 15.9 Å². The van der Waals surface area contributed by atoms with Crippen molar-refractivity contribution < 1.29 is 13.2 Å². The highest BCUT2D eigenvalue weighted by Gasteiger charge is 2.47. The molecule has 0 spiro atoms. The number of allylic oxidation sites excluding steroid dienone is 2. The van der Waals surface area contributed by atoms with Gasteiger partial charge in [-0.15, -0.1) is 0 Å². The number of anilines is 1. The van der Waals surface area contributed by atoms with Crippen LogP contribution in [0.1, 0.15) is 22.6 Å². The van der Waals surface area contributed by atoms with Gasteiger partial charge in [0.05, 0.1) is 18.2 Å². The lowest BCUT2D eigenvalue weighted by Gasteiger charge is -2.38. The van der Waals surface area contributed by atoms with Gasteiger partial charge in [0.25, 0.3) is 10.0 Å². The van der Waals surface area contributed by atoms with Crippen LogP contribution in [0.15, 0.2) is 101 Å². The van der Waals surface area contributed by atoms with Gasteiger partial charge in [0, 0.05) is 5.56 Å². The summed E-state index contributed by atoms with van der Waals surface area (Å²) in [4.78, 5) is 0.0316. The van der Waals surface area contributed by atoms with E-state index in [9.17, 15) is 13.7 Å². The van der Waals surface area contributed by atoms with Crippen LogP contribution in [0.3, 0.4) is 0 Å². The van der Waals surface area contributed by atoms with E-state index in [-0.39, 0.29) is 28.7 Å². The second-order valence-electron chi connectivity index (χ2n) is 7.54. The number of nitrogens with two attached hydrogens (primary N) is 1. The van der Waals surface area contributed by atoms with Gasteiger partial charge >= 0.3 is 0 Å². The van der Waals surface area contributed by atoms with Crippen LogP contribution in [0.4, 0.5) is 5.69 Å². The first-order valence-corrected chi connectivity index (χ1v) is 11.5. The van der Waals surface area contributed by atoms with Crippen LogP contribution in [-0.4, -0.2) is 8.42 Å². The highest BCUT2D eigenvalue weighted by atomic mass is 32.2. The summed E-state index contributed by atoms with van der Waals surface area (Å²) >= 11 is 0. The molecule has 2 heterocycles. The Morgan fingerprint density at radius 3 is 2.25 bits per heavy atom. The molecule has 7 heteroatoms. The third kappa shape index (κ3) is 3.04. The molecule has 2 aliphatic heterocycles. The topological polar surface area (TPSA) is 96.4 Å². The largest absolute Gasteiger partial charge is 0.439 e. The van der Waals surface area contributed by atoms with Gasteiger partial charge in [0.15, 0.2) is 5.76 Å². The monoisotopic (exact) mass is 441 g/mol. The van der Waals surface area contributed by atoms with Gasteiger partial charge in [-0.3, -0.25) is 4.31 Å². The van der Waals surface area contributed by atoms with Crippen molar-refractivity contribution in [1.29, 1.82) is 5.26 Å². The van der Waals surface area contributed by atoms with Crippen LogP contribution in [0, 0.1) is 11.3 Å². The molecule has 0 aliphatic carbocycles. The molecule has 158 valence electrons. The molecule has 0 saturated heterocycles. The average Bonchev–Trinajstić information content (AvgIpc) is 2.82. The Morgan fingerprint density at radius 2 is 1.56 bits per heavy atom. The van der Waals surface area contributed by atoms with Crippen LogP contribution >= 0.6 is 0 Å². The molecule has 0 amide bonds. The number of sulfonamides is 1. The standard InChI is InChI=1S/C25H19N3O3S/c26-15-20-22(18-11-5-2-6-12-18)24-23(31-25(20)27)19-13-7-8-14-21(19)28(32(24,29)30)16-17-9-3-1-4-10-17/h1-14,22H,16,27H2/t22-/m1/s1. The predicted molar refractivity (Wildman–Crippen MR) is 122 cm³/mol. The summed E-state index contributed by atoms with van der Waals surface area (Å²) in [7, 11) is -4.05. The van der Waals surface area contributed by atoms with Gasteiger partial charge in [0.2, 0.25) is 5.88 Å². The molecule has 0 bridgehead atoms. The minimum Gasteiger partial charge on any atom is -0.439 e. The summed E-state index contributed by atoms with van der Waals surface area (Å²) in [5.74, 6) is -0.765. The molecule has 6 nitrogen and oxygen atoms in total. The van der Waals surface area contributed by atoms with E-state index >= 15 is 0 Å². The summed E-state index contributed by atoms with van der Waals surface area (Å²) in [5, 5.41) is 9.85. The molecule has 0 unspecified atom stereocenters. The predicted octanol–water partition coefficient (Wildman–Crippen LogP) is 4.21. The minimum absolute atomic E-state index is 0.0316. The third-order valence-electron chi connectivity index (χ3n) is 5.66. The normalized spacial score (nSPS) is 19.0. The Labute approximate surface area is 186 Å². The highest BCUT2D eigenvalue weighted by Crippen LogP contribution is 2.51. The molecule has 5 rings (SSSR count). The van der Waals surface area contributed by atoms with Crippen molar-refractivity contribution in [2.24, 2.45) is 5.73 Å². The van der Waals surface area contributed by atoms with Gasteiger partial charge in [-0.1, -0.05) is 72.8 Å². The molecule has 0 saturated carbocycles. The minimum atomic E-state index is -4.05. The maximum atomic E-state index is 14.1. The van der Waals surface area contributed by atoms with Crippen molar-refractivity contribution in [1.82, 2.24) is 0 Å². The first-order chi connectivity index (χ1) is 15.5. The Morgan fingerprint density at radius 1 is 0.938 bits per heavy atom. The Bertz CT molecular complexity index is 1410. The maximum absolute atomic E-state index is 14.1. The molecule has 0 radical (unpaired) electrons. The highest BCUT2D eigenvalue weighted by molar-refractivity contribution is 7.96. The fourth-order valence-electron chi connectivity index (χ4n) is 4.21. The molecule has 0 aromatic heterocycles. The fourth-order valence-corrected chi connectivity index (χ4v) is 6.12. The zero-order chi connectivity index (χ0) is 22.3. The summed E-state index contributed by atoms with van der Waals surface area (Å²) < 4.78 is 35.4. The van der Waals surface area contributed by atoms with Gasteiger partial charge in [-0.2, -0.15) is 5.26 Å². The van der Waals surface area contributed by atoms with Crippen molar-refractivity contribution in [3.05, 3.63) is 118 Å². The molecule has 32 heavy (non-hydrogen) atoms. The number of para-hydroxylation sites is 1. The number of nitrogens with zero attached hydrogens (tertiary/aromatic N) is 2. The molecule has 3 aromatic carbocycles. The smallest absolute Gasteiger partial charge is 0.265 e. The van der Waals surface area contributed by atoms with E-state index in [1.807, 2.05) is 48.5 Å². The lowest BCUT2D eigenvalue weighted by Crippen LogP contribution is -2.39. The molecule has 0 fully saturated rings. The number of rotatable bonds is 3. The Kier molecular flexibility index (Phi) is 4.72. The number of ether oxygens (including phenoxy) is 1. The van der Waals surface area contributed by atoms with Crippen molar-refractivity contribution in [3.63, 3.8) is 0 Å². The molecule has 3 aromatic rings. The van der Waals surface area contributed by atoms with Gasteiger partial charge < -0.3 is 10.5 Å². The van der Waals surface area contributed by atoms with Gasteiger partial charge in [0.1, 0.15) is 16.5 Å². The van der Waals surface area contributed by atoms with Crippen LogP contribution in [0.2, 0.25) is 0 Å². The SMILES string of the molecule is N#CC1=C(N)OC2=C([C@@H]1c1ccccc1)S(=O)(=O)N(Cc1ccccc1)c1ccccc12. The van der Waals surface area contributed by atoms with Crippen LogP contribution < -0.4 is 10.0 Å². The molecule has 2 aliphatic rings. The Hall–Kier alpha value is -4.02.